The molecule has 3 nitrogen and oxygen atoms in total. The van der Waals surface area contributed by atoms with Gasteiger partial charge >= 0.3 is 0 Å². The summed E-state index contributed by atoms with van der Waals surface area (Å²) in [5.74, 6) is 0.337. The van der Waals surface area contributed by atoms with Crippen molar-refractivity contribution in [2.75, 3.05) is 19.7 Å². The van der Waals surface area contributed by atoms with E-state index in [-0.39, 0.29) is 18.4 Å². The fraction of sp³-hybridized carbons (Fsp3) is 0.500. The number of piperidine rings is 1. The van der Waals surface area contributed by atoms with Crippen molar-refractivity contribution in [3.8, 4) is 0 Å². The van der Waals surface area contributed by atoms with Crippen LogP contribution in [-0.4, -0.2) is 35.6 Å². The highest BCUT2D eigenvalue weighted by molar-refractivity contribution is 5.94. The van der Waals surface area contributed by atoms with Gasteiger partial charge in [-0.2, -0.15) is 0 Å². The summed E-state index contributed by atoms with van der Waals surface area (Å²) < 4.78 is 0. The van der Waals surface area contributed by atoms with Crippen LogP contribution in [0.5, 0.6) is 0 Å². The maximum Gasteiger partial charge on any atom is 0.253 e. The van der Waals surface area contributed by atoms with Gasteiger partial charge in [-0.3, -0.25) is 4.79 Å². The van der Waals surface area contributed by atoms with Gasteiger partial charge < -0.3 is 10.0 Å². The number of benzene rings is 1. The van der Waals surface area contributed by atoms with Gasteiger partial charge in [-0.15, -0.1) is 0 Å². The van der Waals surface area contributed by atoms with E-state index in [4.69, 9.17) is 5.11 Å². The summed E-state index contributed by atoms with van der Waals surface area (Å²) in [5.41, 5.74) is 1.86. The van der Waals surface area contributed by atoms with E-state index in [1.54, 1.807) is 0 Å². The van der Waals surface area contributed by atoms with Gasteiger partial charge in [0.25, 0.3) is 5.91 Å². The van der Waals surface area contributed by atoms with Crippen LogP contribution in [0.1, 0.15) is 28.8 Å². The third-order valence-electron chi connectivity index (χ3n) is 3.33. The van der Waals surface area contributed by atoms with E-state index in [0.717, 1.165) is 30.5 Å². The summed E-state index contributed by atoms with van der Waals surface area (Å²) in [6.45, 7) is 3.66. The Morgan fingerprint density at radius 2 is 2.35 bits per heavy atom. The van der Waals surface area contributed by atoms with Crippen LogP contribution in [0.25, 0.3) is 0 Å². The molecule has 2 rings (SSSR count). The van der Waals surface area contributed by atoms with Crippen molar-refractivity contribution in [1.82, 2.24) is 4.90 Å². The molecule has 1 atom stereocenters. The van der Waals surface area contributed by atoms with Crippen LogP contribution >= 0.6 is 0 Å². The van der Waals surface area contributed by atoms with E-state index in [1.165, 1.54) is 0 Å². The Morgan fingerprint density at radius 1 is 1.53 bits per heavy atom. The smallest absolute Gasteiger partial charge is 0.253 e. The molecule has 0 bridgehead atoms. The number of rotatable bonds is 2. The zero-order valence-corrected chi connectivity index (χ0v) is 10.2. The number of nitrogens with zero attached hydrogens (tertiary/aromatic N) is 1. The number of aliphatic hydroxyl groups is 1. The van der Waals surface area contributed by atoms with Gasteiger partial charge in [-0.1, -0.05) is 17.7 Å². The maximum atomic E-state index is 12.3. The molecule has 1 N–H and O–H groups in total. The number of likely N-dealkylation sites (tertiary alicyclic amines) is 1. The average molecular weight is 233 g/mol. The molecule has 92 valence electrons. The van der Waals surface area contributed by atoms with Crippen LogP contribution in [0.15, 0.2) is 24.3 Å². The topological polar surface area (TPSA) is 40.5 Å². The van der Waals surface area contributed by atoms with E-state index in [2.05, 4.69) is 0 Å². The normalized spacial score (nSPS) is 20.4. The second-order valence-corrected chi connectivity index (χ2v) is 4.81. The molecule has 0 aliphatic carbocycles. The molecule has 0 spiro atoms. The number of aliphatic hydroxyl groups excluding tert-OH is 1. The monoisotopic (exact) mass is 233 g/mol. The highest BCUT2D eigenvalue weighted by Crippen LogP contribution is 2.18. The van der Waals surface area contributed by atoms with Crippen molar-refractivity contribution >= 4 is 5.91 Å². The summed E-state index contributed by atoms with van der Waals surface area (Å²) in [7, 11) is 0. The Balaban J connectivity index is 2.09. The molecular formula is C14H19NO2. The van der Waals surface area contributed by atoms with Crippen LogP contribution in [0.4, 0.5) is 0 Å². The molecule has 1 amide bonds. The Bertz CT molecular complexity index is 403. The highest BCUT2D eigenvalue weighted by Gasteiger charge is 2.23. The second kappa shape index (κ2) is 5.32. The SMILES string of the molecule is Cc1cccc(C(=O)N2CCC[C@@H](CO)C2)c1. The maximum absolute atomic E-state index is 12.3. The van der Waals surface area contributed by atoms with E-state index < -0.39 is 0 Å². The molecule has 17 heavy (non-hydrogen) atoms. The first kappa shape index (κ1) is 12.1. The van der Waals surface area contributed by atoms with Gasteiger partial charge in [0, 0.05) is 25.3 Å². The first-order chi connectivity index (χ1) is 8.20. The van der Waals surface area contributed by atoms with E-state index in [0.29, 0.717) is 6.54 Å². The predicted octanol–water partition coefficient (Wildman–Crippen LogP) is 1.84. The third kappa shape index (κ3) is 2.86. The van der Waals surface area contributed by atoms with Gasteiger partial charge in [0.2, 0.25) is 0 Å². The number of hydrogen-bond acceptors (Lipinski definition) is 2. The number of carbonyl (C=O) groups is 1. The largest absolute Gasteiger partial charge is 0.396 e. The zero-order chi connectivity index (χ0) is 12.3. The second-order valence-electron chi connectivity index (χ2n) is 4.81. The molecular weight excluding hydrogens is 214 g/mol. The van der Waals surface area contributed by atoms with Crippen molar-refractivity contribution in [2.45, 2.75) is 19.8 Å². The summed E-state index contributed by atoms with van der Waals surface area (Å²) in [4.78, 5) is 14.1. The lowest BCUT2D eigenvalue weighted by molar-refractivity contribution is 0.0620. The van der Waals surface area contributed by atoms with Crippen LogP contribution < -0.4 is 0 Å². The molecule has 0 aromatic heterocycles. The van der Waals surface area contributed by atoms with Crippen molar-refractivity contribution < 1.29 is 9.90 Å². The molecule has 1 saturated heterocycles. The Hall–Kier alpha value is -1.35. The molecule has 1 aromatic rings. The quantitative estimate of drug-likeness (QED) is 0.846. The first-order valence-corrected chi connectivity index (χ1v) is 6.17. The Labute approximate surface area is 102 Å². The summed E-state index contributed by atoms with van der Waals surface area (Å²) in [6, 6.07) is 7.68. The van der Waals surface area contributed by atoms with Gasteiger partial charge in [-0.05, 0) is 37.8 Å². The molecule has 0 radical (unpaired) electrons. The van der Waals surface area contributed by atoms with Gasteiger partial charge in [0.15, 0.2) is 0 Å². The van der Waals surface area contributed by atoms with Crippen molar-refractivity contribution in [1.29, 1.82) is 0 Å². The molecule has 1 aliphatic heterocycles. The third-order valence-corrected chi connectivity index (χ3v) is 3.33. The summed E-state index contributed by atoms with van der Waals surface area (Å²) in [5, 5.41) is 9.17. The number of hydrogen-bond donors (Lipinski definition) is 1. The van der Waals surface area contributed by atoms with E-state index in [1.807, 2.05) is 36.1 Å². The zero-order valence-electron chi connectivity index (χ0n) is 10.2. The molecule has 0 saturated carbocycles. The fourth-order valence-electron chi connectivity index (χ4n) is 2.36. The minimum Gasteiger partial charge on any atom is -0.396 e. The van der Waals surface area contributed by atoms with Crippen LogP contribution in [0.3, 0.4) is 0 Å². The summed E-state index contributed by atoms with van der Waals surface area (Å²) >= 11 is 0. The minimum absolute atomic E-state index is 0.0897. The molecule has 1 heterocycles. The predicted molar refractivity (Wildman–Crippen MR) is 66.9 cm³/mol. The van der Waals surface area contributed by atoms with Crippen molar-refractivity contribution in [2.24, 2.45) is 5.92 Å². The van der Waals surface area contributed by atoms with Gasteiger partial charge in [0.1, 0.15) is 0 Å². The van der Waals surface area contributed by atoms with Crippen LogP contribution in [0.2, 0.25) is 0 Å². The van der Waals surface area contributed by atoms with Gasteiger partial charge in [-0.25, -0.2) is 0 Å². The molecule has 1 aliphatic rings. The lowest BCUT2D eigenvalue weighted by atomic mass is 9.98. The number of amides is 1. The Kier molecular flexibility index (Phi) is 3.79. The molecule has 1 aromatic carbocycles. The highest BCUT2D eigenvalue weighted by atomic mass is 16.3. The van der Waals surface area contributed by atoms with Crippen LogP contribution in [0, 0.1) is 12.8 Å². The van der Waals surface area contributed by atoms with E-state index in [9.17, 15) is 4.79 Å². The standard InChI is InChI=1S/C14H19NO2/c1-11-4-2-6-13(8-11)14(17)15-7-3-5-12(9-15)10-16/h2,4,6,8,12,16H,3,5,7,9-10H2,1H3/t12-/m1/s1. The first-order valence-electron chi connectivity index (χ1n) is 6.17. The van der Waals surface area contributed by atoms with E-state index >= 15 is 0 Å². The minimum atomic E-state index is 0.0897. The molecule has 3 heteroatoms. The molecule has 1 fully saturated rings. The lowest BCUT2D eigenvalue weighted by Gasteiger charge is -2.32. The fourth-order valence-corrected chi connectivity index (χ4v) is 2.36. The summed E-state index contributed by atoms with van der Waals surface area (Å²) in [6.07, 6.45) is 2.01. The lowest BCUT2D eigenvalue weighted by Crippen LogP contribution is -2.40. The number of carbonyl (C=O) groups excluding carboxylic acids is 1. The number of aryl methyl sites for hydroxylation is 1. The van der Waals surface area contributed by atoms with Gasteiger partial charge in [0.05, 0.1) is 0 Å². The van der Waals surface area contributed by atoms with Crippen molar-refractivity contribution in [3.63, 3.8) is 0 Å². The molecule has 0 unspecified atom stereocenters. The van der Waals surface area contributed by atoms with Crippen LogP contribution in [-0.2, 0) is 0 Å². The average Bonchev–Trinajstić information content (AvgIpc) is 2.38. The van der Waals surface area contributed by atoms with Crippen molar-refractivity contribution in [3.05, 3.63) is 35.4 Å². The Morgan fingerprint density at radius 3 is 3.06 bits per heavy atom.